The van der Waals surface area contributed by atoms with Gasteiger partial charge in [-0.05, 0) is 84.1 Å². The van der Waals surface area contributed by atoms with Gasteiger partial charge in [0.15, 0.2) is 6.61 Å². The van der Waals surface area contributed by atoms with Crippen molar-refractivity contribution in [2.45, 2.75) is 33.1 Å². The van der Waals surface area contributed by atoms with Crippen LogP contribution < -0.4 is 19.6 Å². The van der Waals surface area contributed by atoms with Gasteiger partial charge in [0.25, 0.3) is 5.91 Å². The summed E-state index contributed by atoms with van der Waals surface area (Å²) in [5.74, 6) is 1.35. The Hall–Kier alpha value is -4.13. The molecule has 0 fully saturated rings. The molecule has 0 saturated heterocycles. The number of ether oxygens (including phenoxy) is 3. The van der Waals surface area contributed by atoms with Crippen LogP contribution in [0.15, 0.2) is 77.9 Å². The van der Waals surface area contributed by atoms with Gasteiger partial charge in [0.05, 0.1) is 18.4 Å². The van der Waals surface area contributed by atoms with Crippen molar-refractivity contribution in [3.05, 3.63) is 89.5 Å². The monoisotopic (exact) mass is 474 g/mol. The number of hydrogen-bond donors (Lipinski definition) is 1. The number of amides is 1. The molecule has 35 heavy (non-hydrogen) atoms. The zero-order valence-corrected chi connectivity index (χ0v) is 20.2. The molecule has 7 nitrogen and oxygen atoms in total. The summed E-state index contributed by atoms with van der Waals surface area (Å²) < 4.78 is 16.4. The van der Waals surface area contributed by atoms with Crippen LogP contribution in [-0.4, -0.2) is 31.3 Å². The molecule has 0 aliphatic carbocycles. The van der Waals surface area contributed by atoms with E-state index >= 15 is 0 Å². The smallest absolute Gasteiger partial charge is 0.343 e. The molecule has 0 heterocycles. The third kappa shape index (κ3) is 8.30. The van der Waals surface area contributed by atoms with Gasteiger partial charge in [-0.2, -0.15) is 5.10 Å². The van der Waals surface area contributed by atoms with Crippen LogP contribution in [0.1, 0.15) is 54.6 Å². The maximum Gasteiger partial charge on any atom is 0.343 e. The van der Waals surface area contributed by atoms with Crippen LogP contribution >= 0.6 is 0 Å². The Morgan fingerprint density at radius 3 is 2.09 bits per heavy atom. The van der Waals surface area contributed by atoms with Crippen molar-refractivity contribution in [3.8, 4) is 17.2 Å². The van der Waals surface area contributed by atoms with E-state index in [0.29, 0.717) is 35.3 Å². The van der Waals surface area contributed by atoms with Crippen LogP contribution in [0.2, 0.25) is 0 Å². The SMILES string of the molecule is CCCOc1ccc(C(=O)Oc2ccc(C=NNC(=O)COc3ccc(C(C)C)cc3)cc2)cc1. The largest absolute Gasteiger partial charge is 0.494 e. The van der Waals surface area contributed by atoms with E-state index in [-0.39, 0.29) is 12.5 Å². The number of carbonyl (C=O) groups is 2. The van der Waals surface area contributed by atoms with Gasteiger partial charge in [-0.25, -0.2) is 10.2 Å². The molecule has 0 spiro atoms. The molecular formula is C28H30N2O5. The molecule has 0 aliphatic heterocycles. The highest BCUT2D eigenvalue weighted by atomic mass is 16.5. The first-order valence-corrected chi connectivity index (χ1v) is 11.5. The Morgan fingerprint density at radius 1 is 0.857 bits per heavy atom. The second kappa shape index (κ2) is 12.9. The molecule has 0 unspecified atom stereocenters. The van der Waals surface area contributed by atoms with Crippen LogP contribution in [0.25, 0.3) is 0 Å². The van der Waals surface area contributed by atoms with Crippen LogP contribution in [0, 0.1) is 0 Å². The fourth-order valence-corrected chi connectivity index (χ4v) is 3.00. The van der Waals surface area contributed by atoms with Crippen LogP contribution in [-0.2, 0) is 4.79 Å². The summed E-state index contributed by atoms with van der Waals surface area (Å²) in [7, 11) is 0. The lowest BCUT2D eigenvalue weighted by Crippen LogP contribution is -2.24. The van der Waals surface area contributed by atoms with E-state index in [9.17, 15) is 9.59 Å². The average Bonchev–Trinajstić information content (AvgIpc) is 2.87. The van der Waals surface area contributed by atoms with Crippen LogP contribution in [0.4, 0.5) is 0 Å². The van der Waals surface area contributed by atoms with Gasteiger partial charge in [0.1, 0.15) is 17.2 Å². The second-order valence-corrected chi connectivity index (χ2v) is 8.14. The number of benzene rings is 3. The van der Waals surface area contributed by atoms with Gasteiger partial charge in [-0.15, -0.1) is 0 Å². The molecule has 1 amide bonds. The van der Waals surface area contributed by atoms with Gasteiger partial charge in [-0.3, -0.25) is 4.79 Å². The van der Waals surface area contributed by atoms with Crippen LogP contribution in [0.3, 0.4) is 0 Å². The van der Waals surface area contributed by atoms with Crippen molar-refractivity contribution < 1.29 is 23.8 Å². The molecular weight excluding hydrogens is 444 g/mol. The van der Waals surface area contributed by atoms with E-state index in [1.807, 2.05) is 31.2 Å². The molecule has 0 radical (unpaired) electrons. The van der Waals surface area contributed by atoms with Gasteiger partial charge in [0, 0.05) is 0 Å². The Balaban J connectivity index is 1.43. The Bertz CT molecular complexity index is 1120. The molecule has 0 aromatic heterocycles. The standard InChI is InChI=1S/C28H30N2O5/c1-4-17-33-24-15-9-23(10-16-24)28(32)35-26-11-5-21(6-12-26)18-29-30-27(31)19-34-25-13-7-22(8-14-25)20(2)3/h5-16,18,20H,4,17,19H2,1-3H3,(H,30,31). The first-order chi connectivity index (χ1) is 16.9. The van der Waals surface area contributed by atoms with Crippen molar-refractivity contribution in [3.63, 3.8) is 0 Å². The first kappa shape index (κ1) is 25.5. The molecule has 1 N–H and O–H groups in total. The summed E-state index contributed by atoms with van der Waals surface area (Å²) in [4.78, 5) is 24.3. The van der Waals surface area contributed by atoms with Gasteiger partial charge < -0.3 is 14.2 Å². The summed E-state index contributed by atoms with van der Waals surface area (Å²) in [5, 5.41) is 3.93. The number of nitrogens with zero attached hydrogens (tertiary/aromatic N) is 1. The summed E-state index contributed by atoms with van der Waals surface area (Å²) in [6.45, 7) is 6.75. The zero-order chi connectivity index (χ0) is 25.0. The quantitative estimate of drug-likeness (QED) is 0.175. The number of hydrazone groups is 1. The van der Waals surface area contributed by atoms with Gasteiger partial charge in [0.2, 0.25) is 0 Å². The number of esters is 1. The highest BCUT2D eigenvalue weighted by molar-refractivity contribution is 5.91. The lowest BCUT2D eigenvalue weighted by molar-refractivity contribution is -0.123. The van der Waals surface area contributed by atoms with Crippen LogP contribution in [0.5, 0.6) is 17.2 Å². The zero-order valence-electron chi connectivity index (χ0n) is 20.2. The lowest BCUT2D eigenvalue weighted by Gasteiger charge is -2.08. The van der Waals surface area contributed by atoms with E-state index in [2.05, 4.69) is 24.4 Å². The van der Waals surface area contributed by atoms with Crippen molar-refractivity contribution in [1.29, 1.82) is 0 Å². The summed E-state index contributed by atoms with van der Waals surface area (Å²) in [6, 6.07) is 21.2. The van der Waals surface area contributed by atoms with Gasteiger partial charge in [-0.1, -0.05) is 32.9 Å². The molecule has 3 aromatic carbocycles. The first-order valence-electron chi connectivity index (χ1n) is 11.5. The fraction of sp³-hybridized carbons (Fsp3) is 0.250. The molecule has 0 saturated carbocycles. The van der Waals surface area contributed by atoms with Crippen molar-refractivity contribution >= 4 is 18.1 Å². The number of rotatable bonds is 11. The minimum absolute atomic E-state index is 0.140. The summed E-state index contributed by atoms with van der Waals surface area (Å²) in [5.41, 5.74) is 4.79. The number of hydrogen-bond acceptors (Lipinski definition) is 6. The summed E-state index contributed by atoms with van der Waals surface area (Å²) in [6.07, 6.45) is 2.41. The molecule has 3 aromatic rings. The van der Waals surface area contributed by atoms with E-state index in [1.165, 1.54) is 11.8 Å². The topological polar surface area (TPSA) is 86.2 Å². The third-order valence-corrected chi connectivity index (χ3v) is 4.97. The van der Waals surface area contributed by atoms with E-state index in [1.54, 1.807) is 48.5 Å². The second-order valence-electron chi connectivity index (χ2n) is 8.14. The number of nitrogens with one attached hydrogen (secondary N) is 1. The minimum atomic E-state index is -0.459. The van der Waals surface area contributed by atoms with Crippen molar-refractivity contribution in [2.24, 2.45) is 5.10 Å². The Morgan fingerprint density at radius 2 is 1.46 bits per heavy atom. The molecule has 182 valence electrons. The lowest BCUT2D eigenvalue weighted by atomic mass is 10.0. The predicted octanol–water partition coefficient (Wildman–Crippen LogP) is 5.35. The van der Waals surface area contributed by atoms with E-state index < -0.39 is 5.97 Å². The van der Waals surface area contributed by atoms with E-state index in [0.717, 1.165) is 12.0 Å². The summed E-state index contributed by atoms with van der Waals surface area (Å²) >= 11 is 0. The van der Waals surface area contributed by atoms with Crippen molar-refractivity contribution in [1.82, 2.24) is 5.43 Å². The molecule has 0 atom stereocenters. The average molecular weight is 475 g/mol. The fourth-order valence-electron chi connectivity index (χ4n) is 3.00. The number of carbonyl (C=O) groups excluding carboxylic acids is 2. The highest BCUT2D eigenvalue weighted by Gasteiger charge is 2.09. The van der Waals surface area contributed by atoms with Crippen molar-refractivity contribution in [2.75, 3.05) is 13.2 Å². The molecule has 7 heteroatoms. The maximum absolute atomic E-state index is 12.3. The third-order valence-electron chi connectivity index (χ3n) is 4.97. The highest BCUT2D eigenvalue weighted by Crippen LogP contribution is 2.19. The van der Waals surface area contributed by atoms with E-state index in [4.69, 9.17) is 14.2 Å². The predicted molar refractivity (Wildman–Crippen MR) is 135 cm³/mol. The normalized spacial score (nSPS) is 10.9. The molecule has 3 rings (SSSR count). The molecule has 0 aliphatic rings. The minimum Gasteiger partial charge on any atom is -0.494 e. The van der Waals surface area contributed by atoms with Gasteiger partial charge >= 0.3 is 5.97 Å². The maximum atomic E-state index is 12.3. The Labute approximate surface area is 205 Å². The Kier molecular flexibility index (Phi) is 9.42. The molecule has 0 bridgehead atoms.